The smallest absolute Gasteiger partial charge is 0.00980 e. The van der Waals surface area contributed by atoms with E-state index in [2.05, 4.69) is 32.7 Å². The Morgan fingerprint density at radius 2 is 1.93 bits per heavy atom. The fourth-order valence-corrected chi connectivity index (χ4v) is 2.22. The minimum atomic E-state index is 0.699. The van der Waals surface area contributed by atoms with E-state index >= 15 is 0 Å². The highest BCUT2D eigenvalue weighted by atomic mass is 14.9. The minimum absolute atomic E-state index is 0.699. The highest BCUT2D eigenvalue weighted by Gasteiger charge is 2.17. The van der Waals surface area contributed by atoms with Gasteiger partial charge in [0, 0.05) is 6.04 Å². The zero-order valence-corrected chi connectivity index (χ0v) is 10.9. The molecule has 0 aliphatic rings. The van der Waals surface area contributed by atoms with Gasteiger partial charge in [0.15, 0.2) is 0 Å². The molecule has 0 heterocycles. The molecule has 15 heavy (non-hydrogen) atoms. The SMILES string of the molecule is C=CCCC(NCC)C(CC)CCCC. The lowest BCUT2D eigenvalue weighted by Gasteiger charge is -2.26. The van der Waals surface area contributed by atoms with Crippen LogP contribution >= 0.6 is 0 Å². The van der Waals surface area contributed by atoms with Gasteiger partial charge < -0.3 is 5.32 Å². The van der Waals surface area contributed by atoms with Crippen molar-refractivity contribution in [3.05, 3.63) is 12.7 Å². The van der Waals surface area contributed by atoms with Crippen molar-refractivity contribution in [2.24, 2.45) is 5.92 Å². The molecule has 90 valence electrons. The normalized spacial score (nSPS) is 14.9. The second-order valence-corrected chi connectivity index (χ2v) is 4.34. The van der Waals surface area contributed by atoms with Gasteiger partial charge in [0.25, 0.3) is 0 Å². The Balaban J connectivity index is 4.05. The molecular formula is C14H29N. The van der Waals surface area contributed by atoms with Crippen molar-refractivity contribution in [1.82, 2.24) is 5.32 Å². The molecule has 1 N–H and O–H groups in total. The van der Waals surface area contributed by atoms with Crippen LogP contribution in [0.15, 0.2) is 12.7 Å². The molecule has 0 aliphatic heterocycles. The first-order chi connectivity index (χ1) is 7.29. The van der Waals surface area contributed by atoms with E-state index < -0.39 is 0 Å². The summed E-state index contributed by atoms with van der Waals surface area (Å²) in [5.41, 5.74) is 0. The standard InChI is InChI=1S/C14H29N/c1-5-9-11-13(7-3)14(15-8-4)12-10-6-2/h6,13-15H,2,5,7-12H2,1,3-4H3. The summed E-state index contributed by atoms with van der Waals surface area (Å²) in [6, 6.07) is 0.699. The second-order valence-electron chi connectivity index (χ2n) is 4.34. The van der Waals surface area contributed by atoms with Gasteiger partial charge in [0.2, 0.25) is 0 Å². The predicted molar refractivity (Wildman–Crippen MR) is 70.2 cm³/mol. The van der Waals surface area contributed by atoms with Crippen LogP contribution in [0.4, 0.5) is 0 Å². The molecule has 2 atom stereocenters. The molecule has 0 aromatic heterocycles. The highest BCUT2D eigenvalue weighted by molar-refractivity contribution is 4.79. The fourth-order valence-electron chi connectivity index (χ4n) is 2.22. The average Bonchev–Trinajstić information content (AvgIpc) is 2.26. The van der Waals surface area contributed by atoms with Gasteiger partial charge in [-0.2, -0.15) is 0 Å². The molecule has 0 aromatic rings. The van der Waals surface area contributed by atoms with E-state index in [9.17, 15) is 0 Å². The number of hydrogen-bond donors (Lipinski definition) is 1. The van der Waals surface area contributed by atoms with Crippen molar-refractivity contribution in [2.75, 3.05) is 6.54 Å². The molecule has 0 spiro atoms. The van der Waals surface area contributed by atoms with Crippen LogP contribution in [0.1, 0.15) is 59.3 Å². The van der Waals surface area contributed by atoms with Crippen molar-refractivity contribution in [3.8, 4) is 0 Å². The Morgan fingerprint density at radius 3 is 2.40 bits per heavy atom. The third-order valence-corrected chi connectivity index (χ3v) is 3.17. The molecule has 0 rings (SSSR count). The third-order valence-electron chi connectivity index (χ3n) is 3.17. The summed E-state index contributed by atoms with van der Waals surface area (Å²) < 4.78 is 0. The lowest BCUT2D eigenvalue weighted by Crippen LogP contribution is -2.35. The maximum absolute atomic E-state index is 3.81. The fraction of sp³-hybridized carbons (Fsp3) is 0.857. The molecule has 0 amide bonds. The zero-order chi connectivity index (χ0) is 11.5. The molecule has 1 heteroatoms. The van der Waals surface area contributed by atoms with Gasteiger partial charge >= 0.3 is 0 Å². The first-order valence-electron chi connectivity index (χ1n) is 6.64. The van der Waals surface area contributed by atoms with E-state index in [1.165, 1.54) is 32.1 Å². The van der Waals surface area contributed by atoms with Gasteiger partial charge in [-0.3, -0.25) is 0 Å². The predicted octanol–water partition coefficient (Wildman–Crippen LogP) is 4.15. The number of hydrogen-bond acceptors (Lipinski definition) is 1. The van der Waals surface area contributed by atoms with Gasteiger partial charge in [0.05, 0.1) is 0 Å². The zero-order valence-electron chi connectivity index (χ0n) is 10.9. The van der Waals surface area contributed by atoms with Gasteiger partial charge in [-0.1, -0.05) is 46.1 Å². The lowest BCUT2D eigenvalue weighted by atomic mass is 9.88. The molecular weight excluding hydrogens is 182 g/mol. The first-order valence-corrected chi connectivity index (χ1v) is 6.64. The molecule has 0 fully saturated rings. The molecule has 0 bridgehead atoms. The summed E-state index contributed by atoms with van der Waals surface area (Å²) in [5, 5.41) is 3.63. The Morgan fingerprint density at radius 1 is 1.20 bits per heavy atom. The summed E-state index contributed by atoms with van der Waals surface area (Å²) in [7, 11) is 0. The van der Waals surface area contributed by atoms with Crippen LogP contribution in [0.2, 0.25) is 0 Å². The second kappa shape index (κ2) is 10.2. The molecule has 0 aliphatic carbocycles. The quantitative estimate of drug-likeness (QED) is 0.535. The Bertz CT molecular complexity index is 142. The largest absolute Gasteiger partial charge is 0.314 e. The molecule has 0 radical (unpaired) electrons. The van der Waals surface area contributed by atoms with Crippen molar-refractivity contribution >= 4 is 0 Å². The number of nitrogens with one attached hydrogen (secondary N) is 1. The number of allylic oxidation sites excluding steroid dienone is 1. The van der Waals surface area contributed by atoms with E-state index in [0.717, 1.165) is 18.9 Å². The Labute approximate surface area is 96.3 Å². The Kier molecular flexibility index (Phi) is 10.0. The molecule has 1 nitrogen and oxygen atoms in total. The molecule has 0 saturated carbocycles. The minimum Gasteiger partial charge on any atom is -0.314 e. The average molecular weight is 211 g/mol. The lowest BCUT2D eigenvalue weighted by molar-refractivity contribution is 0.308. The van der Waals surface area contributed by atoms with Crippen LogP contribution in [0.3, 0.4) is 0 Å². The number of rotatable bonds is 10. The topological polar surface area (TPSA) is 12.0 Å². The first kappa shape index (κ1) is 14.7. The van der Waals surface area contributed by atoms with Crippen LogP contribution < -0.4 is 5.32 Å². The summed E-state index contributed by atoms with van der Waals surface area (Å²) in [5.74, 6) is 0.852. The maximum atomic E-state index is 3.81. The van der Waals surface area contributed by atoms with E-state index in [1.54, 1.807) is 0 Å². The van der Waals surface area contributed by atoms with Gasteiger partial charge in [-0.25, -0.2) is 0 Å². The highest BCUT2D eigenvalue weighted by Crippen LogP contribution is 2.20. The van der Waals surface area contributed by atoms with Crippen molar-refractivity contribution in [2.45, 2.75) is 65.3 Å². The molecule has 0 aromatic carbocycles. The molecule has 0 saturated heterocycles. The van der Waals surface area contributed by atoms with Crippen LogP contribution in [0.5, 0.6) is 0 Å². The van der Waals surface area contributed by atoms with Gasteiger partial charge in [-0.05, 0) is 31.7 Å². The summed E-state index contributed by atoms with van der Waals surface area (Å²) >= 11 is 0. The van der Waals surface area contributed by atoms with Crippen molar-refractivity contribution < 1.29 is 0 Å². The summed E-state index contributed by atoms with van der Waals surface area (Å²) in [6.45, 7) is 11.7. The van der Waals surface area contributed by atoms with Gasteiger partial charge in [0.1, 0.15) is 0 Å². The Hall–Kier alpha value is -0.300. The van der Waals surface area contributed by atoms with Crippen LogP contribution in [-0.4, -0.2) is 12.6 Å². The summed E-state index contributed by atoms with van der Waals surface area (Å²) in [4.78, 5) is 0. The van der Waals surface area contributed by atoms with Crippen LogP contribution in [0, 0.1) is 5.92 Å². The van der Waals surface area contributed by atoms with Crippen molar-refractivity contribution in [3.63, 3.8) is 0 Å². The van der Waals surface area contributed by atoms with Gasteiger partial charge in [-0.15, -0.1) is 6.58 Å². The van der Waals surface area contributed by atoms with Crippen LogP contribution in [0.25, 0.3) is 0 Å². The number of unbranched alkanes of at least 4 members (excludes halogenated alkanes) is 1. The monoisotopic (exact) mass is 211 g/mol. The summed E-state index contributed by atoms with van der Waals surface area (Å²) in [6.07, 6.45) is 9.79. The molecule has 2 unspecified atom stereocenters. The van der Waals surface area contributed by atoms with Crippen LogP contribution in [-0.2, 0) is 0 Å². The van der Waals surface area contributed by atoms with E-state index in [1.807, 2.05) is 6.08 Å². The van der Waals surface area contributed by atoms with Crippen molar-refractivity contribution in [1.29, 1.82) is 0 Å². The van der Waals surface area contributed by atoms with E-state index in [0.29, 0.717) is 6.04 Å². The van der Waals surface area contributed by atoms with E-state index in [4.69, 9.17) is 0 Å². The third kappa shape index (κ3) is 6.72. The maximum Gasteiger partial charge on any atom is 0.00980 e. The van der Waals surface area contributed by atoms with E-state index in [-0.39, 0.29) is 0 Å².